The largest absolute Gasteiger partial charge is 0.384 e. The Bertz CT molecular complexity index is 523. The molecule has 1 atom stereocenters. The molecule has 1 amide bonds. The molecule has 2 aromatic rings. The maximum atomic E-state index is 11.7. The Hall–Kier alpha value is -2.29. The third-order valence-electron chi connectivity index (χ3n) is 2.38. The van der Waals surface area contributed by atoms with Crippen molar-refractivity contribution in [2.24, 2.45) is 0 Å². The smallest absolute Gasteiger partial charge is 0.274 e. The number of rotatable bonds is 6. The Kier molecular flexibility index (Phi) is 4.18. The maximum absolute atomic E-state index is 11.7. The van der Waals surface area contributed by atoms with E-state index in [1.165, 1.54) is 6.20 Å². The first-order valence-electron chi connectivity index (χ1n) is 5.68. The summed E-state index contributed by atoms with van der Waals surface area (Å²) in [6.45, 7) is 2.25. The third-order valence-corrected chi connectivity index (χ3v) is 2.38. The SMILES string of the molecule is COCCc1noc([C@H](C)NC(=O)c2cn[nH]n2)n1. The van der Waals surface area contributed by atoms with Crippen LogP contribution in [0.5, 0.6) is 0 Å². The van der Waals surface area contributed by atoms with Gasteiger partial charge in [0.1, 0.15) is 6.04 Å². The number of ether oxygens (including phenoxy) is 1. The van der Waals surface area contributed by atoms with Gasteiger partial charge in [-0.3, -0.25) is 4.79 Å². The van der Waals surface area contributed by atoms with Crippen molar-refractivity contribution in [1.29, 1.82) is 0 Å². The van der Waals surface area contributed by atoms with E-state index in [-0.39, 0.29) is 11.6 Å². The van der Waals surface area contributed by atoms with E-state index in [0.717, 1.165) is 0 Å². The van der Waals surface area contributed by atoms with Crippen LogP contribution >= 0.6 is 0 Å². The molecule has 0 spiro atoms. The summed E-state index contributed by atoms with van der Waals surface area (Å²) in [6.07, 6.45) is 1.89. The fraction of sp³-hybridized carbons (Fsp3) is 0.500. The number of methoxy groups -OCH3 is 1. The van der Waals surface area contributed by atoms with E-state index in [0.29, 0.717) is 24.7 Å². The molecule has 9 heteroatoms. The summed E-state index contributed by atoms with van der Waals surface area (Å²) in [5, 5.41) is 16.1. The summed E-state index contributed by atoms with van der Waals surface area (Å²) in [5.41, 5.74) is 0.200. The molecule has 2 rings (SSSR count). The standard InChI is InChI=1S/C10H14N6O3/c1-6(12-9(17)7-5-11-16-14-7)10-13-8(15-19-10)3-4-18-2/h5-6H,3-4H2,1-2H3,(H,12,17)(H,11,14,16)/t6-/m0/s1. The molecule has 0 saturated carbocycles. The van der Waals surface area contributed by atoms with Crippen molar-refractivity contribution in [2.45, 2.75) is 19.4 Å². The fourth-order valence-corrected chi connectivity index (χ4v) is 1.38. The van der Waals surface area contributed by atoms with Crippen LogP contribution in [0, 0.1) is 0 Å². The van der Waals surface area contributed by atoms with Gasteiger partial charge in [0.05, 0.1) is 12.8 Å². The lowest BCUT2D eigenvalue weighted by molar-refractivity contribution is 0.0927. The van der Waals surface area contributed by atoms with E-state index in [1.807, 2.05) is 0 Å². The minimum absolute atomic E-state index is 0.200. The number of H-pyrrole nitrogens is 1. The van der Waals surface area contributed by atoms with Crippen LogP contribution in [0.3, 0.4) is 0 Å². The molecule has 0 aliphatic rings. The van der Waals surface area contributed by atoms with Crippen LogP contribution in [-0.2, 0) is 11.2 Å². The third kappa shape index (κ3) is 3.35. The van der Waals surface area contributed by atoms with E-state index >= 15 is 0 Å². The lowest BCUT2D eigenvalue weighted by Gasteiger charge is -2.07. The maximum Gasteiger partial charge on any atom is 0.274 e. The number of carbonyl (C=O) groups is 1. The topological polar surface area (TPSA) is 119 Å². The van der Waals surface area contributed by atoms with Gasteiger partial charge in [0.15, 0.2) is 11.5 Å². The summed E-state index contributed by atoms with van der Waals surface area (Å²) < 4.78 is 9.99. The molecule has 2 aromatic heterocycles. The van der Waals surface area contributed by atoms with Gasteiger partial charge in [-0.2, -0.15) is 20.4 Å². The number of carbonyl (C=O) groups excluding carboxylic acids is 1. The number of hydrogen-bond acceptors (Lipinski definition) is 7. The van der Waals surface area contributed by atoms with Crippen LogP contribution in [0.4, 0.5) is 0 Å². The van der Waals surface area contributed by atoms with Crippen LogP contribution in [0.2, 0.25) is 0 Å². The van der Waals surface area contributed by atoms with E-state index in [2.05, 4.69) is 30.9 Å². The number of hydrogen-bond donors (Lipinski definition) is 2. The summed E-state index contributed by atoms with van der Waals surface area (Å²) >= 11 is 0. The predicted molar refractivity (Wildman–Crippen MR) is 62.1 cm³/mol. The van der Waals surface area contributed by atoms with Gasteiger partial charge in [-0.25, -0.2) is 0 Å². The minimum atomic E-state index is -0.409. The van der Waals surface area contributed by atoms with Gasteiger partial charge in [0, 0.05) is 13.5 Å². The van der Waals surface area contributed by atoms with Gasteiger partial charge in [0.2, 0.25) is 5.89 Å². The Morgan fingerprint density at radius 1 is 1.63 bits per heavy atom. The summed E-state index contributed by atoms with van der Waals surface area (Å²) in [5.74, 6) is 0.514. The Morgan fingerprint density at radius 3 is 3.16 bits per heavy atom. The van der Waals surface area contributed by atoms with Crippen molar-refractivity contribution in [3.05, 3.63) is 23.6 Å². The van der Waals surface area contributed by atoms with Crippen LogP contribution in [0.25, 0.3) is 0 Å². The molecule has 0 radical (unpaired) electrons. The molecule has 0 saturated heterocycles. The Balaban J connectivity index is 1.94. The second-order valence-corrected chi connectivity index (χ2v) is 3.84. The molecular weight excluding hydrogens is 252 g/mol. The summed E-state index contributed by atoms with van der Waals surface area (Å²) in [7, 11) is 1.60. The molecule has 19 heavy (non-hydrogen) atoms. The highest BCUT2D eigenvalue weighted by molar-refractivity contribution is 5.91. The average molecular weight is 266 g/mol. The van der Waals surface area contributed by atoms with Crippen molar-refractivity contribution < 1.29 is 14.1 Å². The molecule has 0 aromatic carbocycles. The van der Waals surface area contributed by atoms with Gasteiger partial charge in [-0.15, -0.1) is 0 Å². The lowest BCUT2D eigenvalue weighted by atomic mass is 10.3. The molecule has 102 valence electrons. The highest BCUT2D eigenvalue weighted by Gasteiger charge is 2.18. The zero-order valence-electron chi connectivity index (χ0n) is 10.6. The molecule has 0 aliphatic heterocycles. The van der Waals surface area contributed by atoms with Crippen molar-refractivity contribution in [1.82, 2.24) is 30.9 Å². The zero-order chi connectivity index (χ0) is 13.7. The zero-order valence-corrected chi connectivity index (χ0v) is 10.6. The highest BCUT2D eigenvalue weighted by atomic mass is 16.5. The second-order valence-electron chi connectivity index (χ2n) is 3.84. The van der Waals surface area contributed by atoms with Gasteiger partial charge >= 0.3 is 0 Å². The molecule has 2 heterocycles. The van der Waals surface area contributed by atoms with Crippen LogP contribution in [0.15, 0.2) is 10.7 Å². The van der Waals surface area contributed by atoms with Crippen LogP contribution < -0.4 is 5.32 Å². The first kappa shape index (κ1) is 13.1. The number of nitrogens with one attached hydrogen (secondary N) is 2. The molecular formula is C10H14N6O3. The highest BCUT2D eigenvalue weighted by Crippen LogP contribution is 2.10. The van der Waals surface area contributed by atoms with Crippen molar-refractivity contribution >= 4 is 5.91 Å². The van der Waals surface area contributed by atoms with Crippen molar-refractivity contribution in [3.63, 3.8) is 0 Å². The molecule has 0 unspecified atom stereocenters. The van der Waals surface area contributed by atoms with E-state index in [9.17, 15) is 4.79 Å². The molecule has 9 nitrogen and oxygen atoms in total. The second kappa shape index (κ2) is 6.05. The van der Waals surface area contributed by atoms with Crippen LogP contribution in [-0.4, -0.2) is 45.2 Å². The minimum Gasteiger partial charge on any atom is -0.384 e. The summed E-state index contributed by atoms with van der Waals surface area (Å²) in [6, 6.07) is -0.409. The van der Waals surface area contributed by atoms with Gasteiger partial charge in [0.25, 0.3) is 5.91 Å². The van der Waals surface area contributed by atoms with E-state index in [4.69, 9.17) is 9.26 Å². The van der Waals surface area contributed by atoms with E-state index < -0.39 is 6.04 Å². The Morgan fingerprint density at radius 2 is 2.47 bits per heavy atom. The number of aromatic nitrogens is 5. The number of aromatic amines is 1. The summed E-state index contributed by atoms with van der Waals surface area (Å²) in [4.78, 5) is 15.9. The number of nitrogens with zero attached hydrogens (tertiary/aromatic N) is 4. The molecule has 0 bridgehead atoms. The van der Waals surface area contributed by atoms with E-state index in [1.54, 1.807) is 14.0 Å². The van der Waals surface area contributed by atoms with Crippen molar-refractivity contribution in [3.8, 4) is 0 Å². The monoisotopic (exact) mass is 266 g/mol. The fourth-order valence-electron chi connectivity index (χ4n) is 1.38. The number of amides is 1. The molecule has 0 fully saturated rings. The normalized spacial score (nSPS) is 12.3. The predicted octanol–water partition coefficient (Wildman–Crippen LogP) is -0.132. The van der Waals surface area contributed by atoms with Crippen molar-refractivity contribution in [2.75, 3.05) is 13.7 Å². The van der Waals surface area contributed by atoms with Gasteiger partial charge in [-0.05, 0) is 6.92 Å². The van der Waals surface area contributed by atoms with Crippen LogP contribution in [0.1, 0.15) is 35.2 Å². The molecule has 0 aliphatic carbocycles. The average Bonchev–Trinajstić information content (AvgIpc) is 3.07. The molecule has 2 N–H and O–H groups in total. The van der Waals surface area contributed by atoms with Gasteiger partial charge in [-0.1, -0.05) is 5.16 Å². The first-order chi connectivity index (χ1) is 9.20. The first-order valence-corrected chi connectivity index (χ1v) is 5.68. The quantitative estimate of drug-likeness (QED) is 0.747. The Labute approximate surface area is 108 Å². The lowest BCUT2D eigenvalue weighted by Crippen LogP contribution is -2.27. The van der Waals surface area contributed by atoms with Gasteiger partial charge < -0.3 is 14.6 Å².